The Hall–Kier alpha value is -5.86. The third-order valence-electron chi connectivity index (χ3n) is 9.79. The molecule has 2 nitrogen and oxygen atoms in total. The maximum absolute atomic E-state index is 6.69. The van der Waals surface area contributed by atoms with Crippen LogP contribution in [0.3, 0.4) is 0 Å². The van der Waals surface area contributed by atoms with Crippen LogP contribution in [0, 0.1) is 0 Å². The highest BCUT2D eigenvalue weighted by molar-refractivity contribution is 6.22. The first-order valence-electron chi connectivity index (χ1n) is 15.9. The summed E-state index contributed by atoms with van der Waals surface area (Å²) in [5.41, 5.74) is 10.1. The predicted molar refractivity (Wildman–Crippen MR) is 190 cm³/mol. The van der Waals surface area contributed by atoms with Crippen molar-refractivity contribution >= 4 is 43.5 Å². The summed E-state index contributed by atoms with van der Waals surface area (Å²) < 4.78 is 13.3. The molecule has 0 saturated carbocycles. The van der Waals surface area contributed by atoms with E-state index in [0.29, 0.717) is 0 Å². The Labute approximate surface area is 266 Å². The molecule has 2 aliphatic rings. The highest BCUT2D eigenvalue weighted by atomic mass is 16.5. The molecule has 1 aromatic heterocycles. The van der Waals surface area contributed by atoms with Gasteiger partial charge in [0.1, 0.15) is 23.0 Å². The molecule has 1 aliphatic carbocycles. The number of hydrogen-bond donors (Lipinski definition) is 0. The molecule has 10 rings (SSSR count). The van der Waals surface area contributed by atoms with E-state index in [-0.39, 0.29) is 12.0 Å². The molecule has 0 N–H and O–H groups in total. The zero-order valence-corrected chi connectivity index (χ0v) is 25.0. The van der Waals surface area contributed by atoms with Crippen molar-refractivity contribution in [3.63, 3.8) is 0 Å². The molecule has 1 aliphatic heterocycles. The fraction of sp³-hybridized carbons (Fsp3) is 0.0455. The maximum atomic E-state index is 6.69. The number of hydrogen-bond acceptors (Lipinski definition) is 2. The lowest BCUT2D eigenvalue weighted by atomic mass is 9.84. The average molecular weight is 589 g/mol. The van der Waals surface area contributed by atoms with Crippen LogP contribution >= 0.6 is 0 Å². The Kier molecular flexibility index (Phi) is 5.44. The summed E-state index contributed by atoms with van der Waals surface area (Å²) in [5, 5.41) is 7.11. The molecule has 0 fully saturated rings. The van der Waals surface area contributed by atoms with E-state index in [1.54, 1.807) is 0 Å². The fourth-order valence-electron chi connectivity index (χ4n) is 7.77. The first kappa shape index (κ1) is 25.5. The van der Waals surface area contributed by atoms with Crippen LogP contribution in [-0.4, -0.2) is 6.10 Å². The van der Waals surface area contributed by atoms with Gasteiger partial charge in [0.05, 0.1) is 5.39 Å². The Bertz CT molecular complexity index is 2550. The van der Waals surface area contributed by atoms with Crippen molar-refractivity contribution in [3.8, 4) is 39.1 Å². The van der Waals surface area contributed by atoms with E-state index in [4.69, 9.17) is 9.15 Å². The average Bonchev–Trinajstić information content (AvgIpc) is 3.69. The van der Waals surface area contributed by atoms with Crippen molar-refractivity contribution in [3.05, 3.63) is 163 Å². The molecule has 0 bridgehead atoms. The summed E-state index contributed by atoms with van der Waals surface area (Å²) in [5.74, 6) is 1.11. The molecule has 2 heterocycles. The highest BCUT2D eigenvalue weighted by Gasteiger charge is 2.36. The number of ether oxygens (including phenoxy) is 1. The number of benzene rings is 7. The second-order valence-electron chi connectivity index (χ2n) is 12.3. The minimum absolute atomic E-state index is 0.00630. The van der Waals surface area contributed by atoms with Gasteiger partial charge < -0.3 is 9.15 Å². The van der Waals surface area contributed by atoms with E-state index in [0.717, 1.165) is 38.8 Å². The van der Waals surface area contributed by atoms with Gasteiger partial charge in [0.15, 0.2) is 0 Å². The van der Waals surface area contributed by atoms with E-state index in [1.165, 1.54) is 49.4 Å². The van der Waals surface area contributed by atoms with Gasteiger partial charge in [-0.15, -0.1) is 0 Å². The molecule has 0 radical (unpaired) electrons. The third-order valence-corrected chi connectivity index (χ3v) is 9.79. The quantitative estimate of drug-likeness (QED) is 0.192. The zero-order chi connectivity index (χ0) is 30.2. The SMILES string of the molecule is C1=CC2Oc3c(cc(-c4ccc5c(-c6ccccc6)c6ccccc6c(-c6ccccc6)c5c4)c4oc5ccccc5c34)C2C=C1. The number of fused-ring (bicyclic) bond motifs is 9. The lowest BCUT2D eigenvalue weighted by Crippen LogP contribution is -2.15. The molecule has 2 atom stereocenters. The van der Waals surface area contributed by atoms with Crippen molar-refractivity contribution in [2.45, 2.75) is 12.0 Å². The molecule has 0 amide bonds. The predicted octanol–water partition coefficient (Wildman–Crippen LogP) is 11.9. The Morgan fingerprint density at radius 2 is 1.09 bits per heavy atom. The standard InChI is InChI=1S/C44H28O2/c1-3-13-27(14-4-1)40-31-18-7-8-19-32(31)41(28-15-5-2-6-16-28)36-25-29(23-24-33(36)40)35-26-37-30-17-9-11-21-38(30)45-44(37)42-34-20-10-12-22-39(34)46-43(35)42/h1-26,30,38H. The molecular weight excluding hydrogens is 560 g/mol. The number of furan rings is 1. The lowest BCUT2D eigenvalue weighted by molar-refractivity contribution is 0.271. The van der Waals surface area contributed by atoms with E-state index in [1.807, 2.05) is 6.07 Å². The molecule has 46 heavy (non-hydrogen) atoms. The lowest BCUT2D eigenvalue weighted by Gasteiger charge is -2.19. The van der Waals surface area contributed by atoms with Gasteiger partial charge in [-0.1, -0.05) is 133 Å². The van der Waals surface area contributed by atoms with Gasteiger partial charge in [-0.2, -0.15) is 0 Å². The third kappa shape index (κ3) is 3.64. The van der Waals surface area contributed by atoms with E-state index in [9.17, 15) is 0 Å². The zero-order valence-electron chi connectivity index (χ0n) is 25.0. The number of rotatable bonds is 3. The number of para-hydroxylation sites is 1. The number of allylic oxidation sites excluding steroid dienone is 2. The molecule has 0 saturated heterocycles. The van der Waals surface area contributed by atoms with Gasteiger partial charge in [0.25, 0.3) is 0 Å². The van der Waals surface area contributed by atoms with E-state index < -0.39 is 0 Å². The largest absolute Gasteiger partial charge is 0.484 e. The van der Waals surface area contributed by atoms with Gasteiger partial charge in [0.2, 0.25) is 0 Å². The topological polar surface area (TPSA) is 22.4 Å². The summed E-state index contributed by atoms with van der Waals surface area (Å²) in [6.07, 6.45) is 8.64. The molecular formula is C44H28O2. The maximum Gasteiger partial charge on any atom is 0.147 e. The van der Waals surface area contributed by atoms with Crippen LogP contribution in [0.2, 0.25) is 0 Å². The molecule has 0 spiro atoms. The molecule has 7 aromatic carbocycles. The molecule has 2 unspecified atom stereocenters. The fourth-order valence-corrected chi connectivity index (χ4v) is 7.77. The first-order valence-corrected chi connectivity index (χ1v) is 15.9. The first-order chi connectivity index (χ1) is 22.8. The van der Waals surface area contributed by atoms with Crippen LogP contribution in [0.25, 0.3) is 76.9 Å². The van der Waals surface area contributed by atoms with Gasteiger partial charge in [0, 0.05) is 22.4 Å². The van der Waals surface area contributed by atoms with Crippen molar-refractivity contribution in [2.75, 3.05) is 0 Å². The molecule has 216 valence electrons. The van der Waals surface area contributed by atoms with E-state index >= 15 is 0 Å². The Morgan fingerprint density at radius 1 is 0.478 bits per heavy atom. The van der Waals surface area contributed by atoms with Crippen LogP contribution in [0.15, 0.2) is 162 Å². The minimum atomic E-state index is -0.00630. The normalized spacial score (nSPS) is 16.7. The van der Waals surface area contributed by atoms with Gasteiger partial charge >= 0.3 is 0 Å². The van der Waals surface area contributed by atoms with Gasteiger partial charge in [-0.05, 0) is 73.6 Å². The monoisotopic (exact) mass is 588 g/mol. The van der Waals surface area contributed by atoms with E-state index in [2.05, 4.69) is 152 Å². The second kappa shape index (κ2) is 9.82. The molecule has 2 heteroatoms. The van der Waals surface area contributed by atoms with Crippen molar-refractivity contribution < 1.29 is 9.15 Å². The summed E-state index contributed by atoms with van der Waals surface area (Å²) >= 11 is 0. The van der Waals surface area contributed by atoms with Crippen LogP contribution in [0.4, 0.5) is 0 Å². The minimum Gasteiger partial charge on any atom is -0.484 e. The summed E-state index contributed by atoms with van der Waals surface area (Å²) in [6.45, 7) is 0. The van der Waals surface area contributed by atoms with Crippen LogP contribution in [-0.2, 0) is 0 Å². The Morgan fingerprint density at radius 3 is 1.83 bits per heavy atom. The van der Waals surface area contributed by atoms with Crippen molar-refractivity contribution in [2.24, 2.45) is 0 Å². The summed E-state index contributed by atoms with van der Waals surface area (Å²) in [7, 11) is 0. The smallest absolute Gasteiger partial charge is 0.147 e. The Balaban J connectivity index is 1.33. The second-order valence-corrected chi connectivity index (χ2v) is 12.3. The summed E-state index contributed by atoms with van der Waals surface area (Å²) in [4.78, 5) is 0. The summed E-state index contributed by atoms with van der Waals surface area (Å²) in [6, 6.07) is 48.0. The van der Waals surface area contributed by atoms with Crippen molar-refractivity contribution in [1.29, 1.82) is 0 Å². The van der Waals surface area contributed by atoms with Crippen LogP contribution < -0.4 is 4.74 Å². The van der Waals surface area contributed by atoms with Crippen LogP contribution in [0.1, 0.15) is 11.5 Å². The van der Waals surface area contributed by atoms with Gasteiger partial charge in [-0.25, -0.2) is 0 Å². The van der Waals surface area contributed by atoms with Crippen LogP contribution in [0.5, 0.6) is 5.75 Å². The van der Waals surface area contributed by atoms with Gasteiger partial charge in [-0.3, -0.25) is 0 Å². The molecule has 8 aromatic rings. The van der Waals surface area contributed by atoms with Crippen molar-refractivity contribution in [1.82, 2.24) is 0 Å². The highest BCUT2D eigenvalue weighted by Crippen LogP contribution is 2.52.